The van der Waals surface area contributed by atoms with Crippen molar-refractivity contribution >= 4 is 40.5 Å². The monoisotopic (exact) mass is 559 g/mol. The molecule has 5 rings (SSSR count). The summed E-state index contributed by atoms with van der Waals surface area (Å²) >= 11 is 0. The highest BCUT2D eigenvalue weighted by molar-refractivity contribution is 6.69. The maximum atomic E-state index is 12.8. The Kier molecular flexibility index (Phi) is 7.02. The number of nitro groups is 2. The lowest BCUT2D eigenvalue weighted by molar-refractivity contribution is -0.385. The summed E-state index contributed by atoms with van der Waals surface area (Å²) in [6.45, 7) is 0.0106. The van der Waals surface area contributed by atoms with Crippen molar-refractivity contribution in [3.8, 4) is 11.5 Å². The molecule has 2 amide bonds. The fraction of sp³-hybridized carbons (Fsp3) is 0.0800. The summed E-state index contributed by atoms with van der Waals surface area (Å²) in [5, 5.41) is 38.5. The van der Waals surface area contributed by atoms with Gasteiger partial charge in [-0.2, -0.15) is 10.2 Å². The molecular formula is C25H17N7O9. The number of hydrazone groups is 2. The first-order valence-corrected chi connectivity index (χ1v) is 11.6. The Morgan fingerprint density at radius 2 is 1.41 bits per heavy atom. The smallest absolute Gasteiger partial charge is 0.271 e. The number of carbonyl (C=O) groups excluding carboxylic acids is 2. The van der Waals surface area contributed by atoms with Crippen LogP contribution in [-0.4, -0.2) is 45.8 Å². The fourth-order valence-corrected chi connectivity index (χ4v) is 3.86. The van der Waals surface area contributed by atoms with E-state index < -0.39 is 33.7 Å². The number of benzene rings is 3. The van der Waals surface area contributed by atoms with Crippen molar-refractivity contribution in [2.24, 2.45) is 10.2 Å². The lowest BCUT2D eigenvalue weighted by Crippen LogP contribution is -2.28. The van der Waals surface area contributed by atoms with Crippen molar-refractivity contribution in [3.05, 3.63) is 104 Å². The highest BCUT2D eigenvalue weighted by Gasteiger charge is 2.38. The number of nitrogens with zero attached hydrogens (tertiary/aromatic N) is 4. The van der Waals surface area contributed by atoms with Gasteiger partial charge >= 0.3 is 0 Å². The van der Waals surface area contributed by atoms with Crippen LogP contribution in [0.5, 0.6) is 11.5 Å². The normalized spacial score (nSPS) is 17.3. The molecule has 0 saturated carbocycles. The molecule has 3 N–H and O–H groups in total. The summed E-state index contributed by atoms with van der Waals surface area (Å²) in [4.78, 5) is 46.3. The van der Waals surface area contributed by atoms with E-state index in [-0.39, 0.29) is 40.7 Å². The highest BCUT2D eigenvalue weighted by Crippen LogP contribution is 2.37. The zero-order chi connectivity index (χ0) is 29.1. The molecule has 16 heteroatoms. The van der Waals surface area contributed by atoms with Crippen LogP contribution in [0.2, 0.25) is 0 Å². The Morgan fingerprint density at radius 1 is 0.829 bits per heavy atom. The van der Waals surface area contributed by atoms with Crippen LogP contribution in [0.15, 0.2) is 76.9 Å². The van der Waals surface area contributed by atoms with Gasteiger partial charge in [0, 0.05) is 41.0 Å². The SMILES string of the molecule is N=C1OC(c2ccc3c(c2)OCO3)C(=NNC(=O)c2cccc([N+](=O)[O-])c2)C1=NNC(=O)c1cccc([N+](=O)[O-])c1. The van der Waals surface area contributed by atoms with Crippen molar-refractivity contribution in [2.75, 3.05) is 6.79 Å². The van der Waals surface area contributed by atoms with Crippen LogP contribution < -0.4 is 20.3 Å². The van der Waals surface area contributed by atoms with E-state index in [4.69, 9.17) is 19.6 Å². The van der Waals surface area contributed by atoms with E-state index in [1.54, 1.807) is 18.2 Å². The van der Waals surface area contributed by atoms with Crippen LogP contribution >= 0.6 is 0 Å². The van der Waals surface area contributed by atoms with Gasteiger partial charge in [-0.1, -0.05) is 18.2 Å². The molecule has 0 radical (unpaired) electrons. The van der Waals surface area contributed by atoms with Gasteiger partial charge in [0.05, 0.1) is 9.85 Å². The fourth-order valence-electron chi connectivity index (χ4n) is 3.86. The molecule has 16 nitrogen and oxygen atoms in total. The summed E-state index contributed by atoms with van der Waals surface area (Å²) in [5.74, 6) is -1.24. The van der Waals surface area contributed by atoms with E-state index in [1.165, 1.54) is 36.4 Å². The van der Waals surface area contributed by atoms with E-state index in [0.29, 0.717) is 17.1 Å². The van der Waals surface area contributed by atoms with Gasteiger partial charge in [-0.15, -0.1) is 0 Å². The van der Waals surface area contributed by atoms with Gasteiger partial charge < -0.3 is 14.2 Å². The lowest BCUT2D eigenvalue weighted by Gasteiger charge is -2.11. The minimum atomic E-state index is -1.09. The molecule has 2 aliphatic rings. The maximum absolute atomic E-state index is 12.8. The standard InChI is InChI=1S/C25H17N7O9/c26-23-21(28-30-25(34)15-4-2-6-17(10-15)32(37)38)20(22(41-23)13-7-8-18-19(11-13)40-12-39-18)27-29-24(33)14-3-1-5-16(9-14)31(35)36/h1-11,22,26H,12H2,(H,29,33)(H,30,34). The minimum Gasteiger partial charge on any atom is -0.461 e. The number of nitrogens with one attached hydrogen (secondary N) is 3. The number of fused-ring (bicyclic) bond motifs is 1. The Bertz CT molecular complexity index is 1690. The summed E-state index contributed by atoms with van der Waals surface area (Å²) in [6.07, 6.45) is -1.09. The van der Waals surface area contributed by atoms with E-state index in [2.05, 4.69) is 21.1 Å². The zero-order valence-corrected chi connectivity index (χ0v) is 20.6. The predicted molar refractivity (Wildman–Crippen MR) is 140 cm³/mol. The number of nitro benzene ring substituents is 2. The molecule has 2 aliphatic heterocycles. The van der Waals surface area contributed by atoms with E-state index in [9.17, 15) is 29.8 Å². The van der Waals surface area contributed by atoms with Gasteiger partial charge in [0.1, 0.15) is 5.71 Å². The topological polar surface area (TPSA) is 221 Å². The van der Waals surface area contributed by atoms with E-state index >= 15 is 0 Å². The van der Waals surface area contributed by atoms with Crippen LogP contribution in [0, 0.1) is 25.6 Å². The third-order valence-corrected chi connectivity index (χ3v) is 5.83. The average molecular weight is 559 g/mol. The zero-order valence-electron chi connectivity index (χ0n) is 20.6. The molecule has 1 fully saturated rings. The first-order chi connectivity index (χ1) is 19.7. The molecule has 3 aromatic rings. The Balaban J connectivity index is 1.46. The number of hydrogen-bond acceptors (Lipinski definition) is 12. The van der Waals surface area contributed by atoms with Crippen molar-refractivity contribution in [2.45, 2.75) is 6.10 Å². The molecule has 0 aliphatic carbocycles. The second kappa shape index (κ2) is 10.9. The predicted octanol–water partition coefficient (Wildman–Crippen LogP) is 2.85. The molecule has 206 valence electrons. The molecule has 2 heterocycles. The number of non-ortho nitro benzene ring substituents is 2. The first kappa shape index (κ1) is 26.4. The molecular weight excluding hydrogens is 542 g/mol. The largest absolute Gasteiger partial charge is 0.461 e. The minimum absolute atomic E-state index is 0.0106. The molecule has 1 saturated heterocycles. The number of hydrogen-bond donors (Lipinski definition) is 3. The molecule has 0 spiro atoms. The second-order valence-electron chi connectivity index (χ2n) is 8.39. The number of ether oxygens (including phenoxy) is 3. The van der Waals surface area contributed by atoms with E-state index in [0.717, 1.165) is 12.1 Å². The van der Waals surface area contributed by atoms with Gasteiger partial charge in [0.2, 0.25) is 12.7 Å². The van der Waals surface area contributed by atoms with Crippen LogP contribution in [-0.2, 0) is 4.74 Å². The quantitative estimate of drug-likeness (QED) is 0.286. The molecule has 0 aromatic heterocycles. The number of carbonyl (C=O) groups is 2. The summed E-state index contributed by atoms with van der Waals surface area (Å²) in [5.41, 5.74) is 3.83. The Hall–Kier alpha value is -6.19. The molecule has 1 atom stereocenters. The first-order valence-electron chi connectivity index (χ1n) is 11.6. The average Bonchev–Trinajstić information content (AvgIpc) is 3.57. The third kappa shape index (κ3) is 5.51. The summed E-state index contributed by atoms with van der Waals surface area (Å²) < 4.78 is 16.4. The molecule has 1 unspecified atom stereocenters. The van der Waals surface area contributed by atoms with Gasteiger partial charge in [-0.3, -0.25) is 35.2 Å². The lowest BCUT2D eigenvalue weighted by atomic mass is 10.0. The van der Waals surface area contributed by atoms with Crippen molar-refractivity contribution in [1.29, 1.82) is 5.41 Å². The number of amides is 2. The molecule has 41 heavy (non-hydrogen) atoms. The summed E-state index contributed by atoms with van der Waals surface area (Å²) in [7, 11) is 0. The third-order valence-electron chi connectivity index (χ3n) is 5.83. The Labute approximate surface area is 229 Å². The maximum Gasteiger partial charge on any atom is 0.271 e. The van der Waals surface area contributed by atoms with Crippen molar-refractivity contribution in [1.82, 2.24) is 10.9 Å². The molecule has 0 bridgehead atoms. The highest BCUT2D eigenvalue weighted by atomic mass is 16.7. The van der Waals surface area contributed by atoms with Crippen LogP contribution in [0.3, 0.4) is 0 Å². The van der Waals surface area contributed by atoms with E-state index in [1.807, 2.05) is 0 Å². The van der Waals surface area contributed by atoms with Gasteiger partial charge in [0.15, 0.2) is 23.3 Å². The van der Waals surface area contributed by atoms with Gasteiger partial charge in [-0.25, -0.2) is 10.9 Å². The molecule has 3 aromatic carbocycles. The number of rotatable bonds is 7. The van der Waals surface area contributed by atoms with Gasteiger partial charge in [-0.05, 0) is 24.3 Å². The van der Waals surface area contributed by atoms with Gasteiger partial charge in [0.25, 0.3) is 23.2 Å². The summed E-state index contributed by atoms with van der Waals surface area (Å²) in [6, 6.07) is 14.7. The van der Waals surface area contributed by atoms with Crippen molar-refractivity contribution in [3.63, 3.8) is 0 Å². The second-order valence-corrected chi connectivity index (χ2v) is 8.39. The van der Waals surface area contributed by atoms with Crippen molar-refractivity contribution < 1.29 is 33.6 Å². The Morgan fingerprint density at radius 3 is 2.02 bits per heavy atom. The van der Waals surface area contributed by atoms with Crippen LogP contribution in [0.4, 0.5) is 11.4 Å². The van der Waals surface area contributed by atoms with Crippen LogP contribution in [0.25, 0.3) is 0 Å². The van der Waals surface area contributed by atoms with Crippen LogP contribution in [0.1, 0.15) is 32.4 Å².